The molecular formula is C12H15N3O5S. The third-order valence-electron chi connectivity index (χ3n) is 2.16. The molecule has 0 saturated heterocycles. The van der Waals surface area contributed by atoms with Gasteiger partial charge in [-0.2, -0.15) is 8.42 Å². The molecule has 1 heterocycles. The Kier molecular flexibility index (Phi) is 6.69. The van der Waals surface area contributed by atoms with E-state index in [1.807, 2.05) is 30.3 Å². The van der Waals surface area contributed by atoms with Gasteiger partial charge in [0.05, 0.1) is 0 Å². The number of ether oxygens (including phenoxy) is 1. The molecule has 0 fully saturated rings. The molecule has 0 aliphatic rings. The van der Waals surface area contributed by atoms with Crippen LogP contribution in [0.2, 0.25) is 0 Å². The molecule has 114 valence electrons. The quantitative estimate of drug-likeness (QED) is 0.574. The van der Waals surface area contributed by atoms with E-state index in [2.05, 4.69) is 15.3 Å². The second-order valence-electron chi connectivity index (χ2n) is 3.69. The monoisotopic (exact) mass is 313 g/mol. The summed E-state index contributed by atoms with van der Waals surface area (Å²) >= 11 is 0. The number of nitrogens with one attached hydrogen (secondary N) is 1. The van der Waals surface area contributed by atoms with Crippen molar-refractivity contribution in [1.82, 2.24) is 9.97 Å². The van der Waals surface area contributed by atoms with Gasteiger partial charge in [0.25, 0.3) is 0 Å². The predicted octanol–water partition coefficient (Wildman–Crippen LogP) is 1.58. The van der Waals surface area contributed by atoms with Crippen LogP contribution in [0.1, 0.15) is 11.8 Å². The number of rotatable bonds is 4. The summed E-state index contributed by atoms with van der Waals surface area (Å²) in [7, 11) is -3.02. The van der Waals surface area contributed by atoms with Gasteiger partial charge in [-0.1, -0.05) is 30.3 Å². The van der Waals surface area contributed by atoms with Gasteiger partial charge in [0, 0.05) is 25.1 Å². The summed E-state index contributed by atoms with van der Waals surface area (Å²) in [5.41, 5.74) is 1.04. The van der Waals surface area contributed by atoms with E-state index in [-0.39, 0.29) is 6.23 Å². The van der Waals surface area contributed by atoms with Crippen molar-refractivity contribution >= 4 is 16.3 Å². The smallest absolute Gasteiger partial charge is 0.357 e. The summed E-state index contributed by atoms with van der Waals surface area (Å²) in [6, 6.07) is 11.7. The molecule has 3 N–H and O–H groups in total. The normalized spacial score (nSPS) is 12.0. The summed E-state index contributed by atoms with van der Waals surface area (Å²) < 4.78 is 36.9. The highest BCUT2D eigenvalue weighted by Crippen LogP contribution is 2.16. The molecule has 1 atom stereocenters. The zero-order chi connectivity index (χ0) is 15.7. The Labute approximate surface area is 122 Å². The zero-order valence-electron chi connectivity index (χ0n) is 11.1. The van der Waals surface area contributed by atoms with E-state index in [9.17, 15) is 0 Å². The molecule has 0 aliphatic carbocycles. The van der Waals surface area contributed by atoms with Gasteiger partial charge in [0.1, 0.15) is 0 Å². The molecule has 1 unspecified atom stereocenters. The SMILES string of the molecule is COC(Nc1ncccn1)c1ccccc1.O=S(=O)(O)O. The molecule has 1 aromatic heterocycles. The van der Waals surface area contributed by atoms with Crippen molar-refractivity contribution in [2.75, 3.05) is 12.4 Å². The molecule has 21 heavy (non-hydrogen) atoms. The van der Waals surface area contributed by atoms with Gasteiger partial charge in [-0.15, -0.1) is 0 Å². The highest BCUT2D eigenvalue weighted by Gasteiger charge is 2.09. The number of hydrogen-bond acceptors (Lipinski definition) is 6. The van der Waals surface area contributed by atoms with E-state index in [0.29, 0.717) is 5.95 Å². The predicted molar refractivity (Wildman–Crippen MR) is 76.0 cm³/mol. The Hall–Kier alpha value is -2.07. The largest absolute Gasteiger partial charge is 0.394 e. The van der Waals surface area contributed by atoms with Crippen LogP contribution in [0.15, 0.2) is 48.8 Å². The van der Waals surface area contributed by atoms with Crippen LogP contribution in [-0.4, -0.2) is 34.6 Å². The van der Waals surface area contributed by atoms with Crippen LogP contribution in [0.5, 0.6) is 0 Å². The number of nitrogens with zero attached hydrogens (tertiary/aromatic N) is 2. The standard InChI is InChI=1S/C12H13N3O.H2O4S/c1-16-11(10-6-3-2-4-7-10)15-12-13-8-5-9-14-12;1-5(2,3)4/h2-9,11H,1H3,(H,13,14,15);(H2,1,2,3,4). The van der Waals surface area contributed by atoms with Crippen LogP contribution < -0.4 is 5.32 Å². The average molecular weight is 313 g/mol. The molecule has 0 spiro atoms. The molecule has 0 amide bonds. The summed E-state index contributed by atoms with van der Waals surface area (Å²) in [5, 5.41) is 3.10. The number of aromatic nitrogens is 2. The molecule has 0 bridgehead atoms. The van der Waals surface area contributed by atoms with E-state index >= 15 is 0 Å². The lowest BCUT2D eigenvalue weighted by Gasteiger charge is -2.16. The maximum Gasteiger partial charge on any atom is 0.394 e. The van der Waals surface area contributed by atoms with E-state index in [4.69, 9.17) is 22.3 Å². The Morgan fingerprint density at radius 1 is 1.10 bits per heavy atom. The van der Waals surface area contributed by atoms with Gasteiger partial charge in [0.2, 0.25) is 5.95 Å². The summed E-state index contributed by atoms with van der Waals surface area (Å²) in [5.74, 6) is 0.554. The lowest BCUT2D eigenvalue weighted by Crippen LogP contribution is -2.14. The molecule has 0 saturated carbocycles. The lowest BCUT2D eigenvalue weighted by atomic mass is 10.2. The average Bonchev–Trinajstić information content (AvgIpc) is 2.45. The minimum atomic E-state index is -4.67. The van der Waals surface area contributed by atoms with Crippen LogP contribution in [0, 0.1) is 0 Å². The molecule has 0 aliphatic heterocycles. The third-order valence-corrected chi connectivity index (χ3v) is 2.16. The highest BCUT2D eigenvalue weighted by molar-refractivity contribution is 7.79. The molecular weight excluding hydrogens is 298 g/mol. The maximum absolute atomic E-state index is 8.74. The van der Waals surface area contributed by atoms with Gasteiger partial charge in [-0.25, -0.2) is 9.97 Å². The lowest BCUT2D eigenvalue weighted by molar-refractivity contribution is 0.126. The first-order valence-corrected chi connectivity index (χ1v) is 7.11. The second-order valence-corrected chi connectivity index (χ2v) is 4.59. The Balaban J connectivity index is 0.000000383. The highest BCUT2D eigenvalue weighted by atomic mass is 32.3. The summed E-state index contributed by atoms with van der Waals surface area (Å²) in [6.45, 7) is 0. The number of methoxy groups -OCH3 is 1. The first kappa shape index (κ1) is 17.0. The van der Waals surface area contributed by atoms with E-state index in [1.54, 1.807) is 25.6 Å². The van der Waals surface area contributed by atoms with Gasteiger partial charge < -0.3 is 10.1 Å². The zero-order valence-corrected chi connectivity index (χ0v) is 11.9. The van der Waals surface area contributed by atoms with Gasteiger partial charge in [-0.3, -0.25) is 9.11 Å². The van der Waals surface area contributed by atoms with Crippen molar-refractivity contribution in [3.8, 4) is 0 Å². The molecule has 2 rings (SSSR count). The molecule has 2 aromatic rings. The van der Waals surface area contributed by atoms with Gasteiger partial charge >= 0.3 is 10.4 Å². The van der Waals surface area contributed by atoms with E-state index in [0.717, 1.165) is 5.56 Å². The number of hydrogen-bond donors (Lipinski definition) is 3. The van der Waals surface area contributed by atoms with Crippen LogP contribution in [0.3, 0.4) is 0 Å². The van der Waals surface area contributed by atoms with Crippen molar-refractivity contribution in [1.29, 1.82) is 0 Å². The van der Waals surface area contributed by atoms with Gasteiger partial charge in [-0.05, 0) is 6.07 Å². The van der Waals surface area contributed by atoms with Crippen molar-refractivity contribution in [3.05, 3.63) is 54.4 Å². The fraction of sp³-hybridized carbons (Fsp3) is 0.167. The first-order chi connectivity index (χ1) is 9.90. The third kappa shape index (κ3) is 7.95. The van der Waals surface area contributed by atoms with Gasteiger partial charge in [0.15, 0.2) is 6.23 Å². The summed E-state index contributed by atoms with van der Waals surface area (Å²) in [4.78, 5) is 8.18. The molecule has 1 aromatic carbocycles. The molecule has 9 heteroatoms. The van der Waals surface area contributed by atoms with Crippen LogP contribution in [-0.2, 0) is 15.1 Å². The van der Waals surface area contributed by atoms with Crippen molar-refractivity contribution in [2.45, 2.75) is 6.23 Å². The van der Waals surface area contributed by atoms with Crippen LogP contribution in [0.4, 0.5) is 5.95 Å². The van der Waals surface area contributed by atoms with E-state index < -0.39 is 10.4 Å². The Morgan fingerprint density at radius 2 is 1.62 bits per heavy atom. The molecule has 8 nitrogen and oxygen atoms in total. The Morgan fingerprint density at radius 3 is 2.10 bits per heavy atom. The van der Waals surface area contributed by atoms with Crippen LogP contribution >= 0.6 is 0 Å². The summed E-state index contributed by atoms with van der Waals surface area (Å²) in [6.07, 6.45) is 3.14. The maximum atomic E-state index is 8.74. The minimum Gasteiger partial charge on any atom is -0.357 e. The van der Waals surface area contributed by atoms with Crippen molar-refractivity contribution in [2.24, 2.45) is 0 Å². The van der Waals surface area contributed by atoms with Crippen LogP contribution in [0.25, 0.3) is 0 Å². The fourth-order valence-corrected chi connectivity index (χ4v) is 1.40. The second kappa shape index (κ2) is 8.27. The Bertz CT molecular complexity index is 614. The minimum absolute atomic E-state index is 0.233. The number of benzene rings is 1. The van der Waals surface area contributed by atoms with Crippen molar-refractivity contribution < 1.29 is 22.3 Å². The fourth-order valence-electron chi connectivity index (χ4n) is 1.40. The topological polar surface area (TPSA) is 122 Å². The number of anilines is 1. The van der Waals surface area contributed by atoms with Crippen molar-refractivity contribution in [3.63, 3.8) is 0 Å². The first-order valence-electron chi connectivity index (χ1n) is 5.71. The molecule has 0 radical (unpaired) electrons. The van der Waals surface area contributed by atoms with E-state index in [1.165, 1.54) is 0 Å².